The number of ether oxygens (including phenoxy) is 13. The average molecular weight is 1750 g/mol. The fraction of sp³-hybridized carbons (Fsp3) is 0.633. The predicted octanol–water partition coefficient (Wildman–Crippen LogP) is 6.97. The van der Waals surface area contributed by atoms with Crippen molar-refractivity contribution in [2.75, 3.05) is 151 Å². The molecule has 5 aromatic rings. The van der Waals surface area contributed by atoms with Crippen LogP contribution in [0.5, 0.6) is 0 Å². The van der Waals surface area contributed by atoms with Crippen LogP contribution < -0.4 is 22.5 Å². The number of ketones is 3. The molecule has 35 heteroatoms. The molecule has 4 aliphatic heterocycles. The Balaban J connectivity index is 0.545. The van der Waals surface area contributed by atoms with E-state index < -0.39 is 114 Å². The first-order valence-electron chi connectivity index (χ1n) is 43.8. The molecule has 1 saturated carbocycles. The van der Waals surface area contributed by atoms with Crippen LogP contribution in [0.4, 0.5) is 16.6 Å². The summed E-state index contributed by atoms with van der Waals surface area (Å²) in [5.41, 5.74) is 26.7. The Morgan fingerprint density at radius 3 is 2.07 bits per heavy atom. The predicted molar refractivity (Wildman–Crippen MR) is 460 cm³/mol. The van der Waals surface area contributed by atoms with Gasteiger partial charge in [0.2, 0.25) is 11.7 Å². The van der Waals surface area contributed by atoms with E-state index in [9.17, 15) is 48.9 Å². The van der Waals surface area contributed by atoms with Crippen LogP contribution in [0.25, 0.3) is 33.4 Å². The number of nitrogen functional groups attached to an aromatic ring is 2. The number of nitrogens with zero attached hydrogens (tertiary/aromatic N) is 7. The highest BCUT2D eigenvalue weighted by Gasteiger charge is 2.50. The molecular formula is C90H129N11O24. The zero-order valence-electron chi connectivity index (χ0n) is 73.2. The molecule has 688 valence electrons. The second kappa shape index (κ2) is 50.0. The Hall–Kier alpha value is -8.89. The van der Waals surface area contributed by atoms with Gasteiger partial charge in [-0.25, -0.2) is 24.2 Å². The summed E-state index contributed by atoms with van der Waals surface area (Å²) in [6.45, 7) is 16.0. The number of piperidine rings is 1. The molecule has 2 aromatic carbocycles. The van der Waals surface area contributed by atoms with Crippen molar-refractivity contribution in [3.05, 3.63) is 107 Å². The number of methoxy groups -OCH3 is 2. The van der Waals surface area contributed by atoms with E-state index in [0.29, 0.717) is 197 Å². The largest absolute Gasteiger partial charge is 0.459 e. The Kier molecular flexibility index (Phi) is 39.3. The molecule has 3 amide bonds. The molecule has 14 atom stereocenters. The van der Waals surface area contributed by atoms with Crippen molar-refractivity contribution >= 4 is 75.2 Å². The number of hydrogen-bond donors (Lipinski definition) is 7. The summed E-state index contributed by atoms with van der Waals surface area (Å²) < 4.78 is 82.1. The van der Waals surface area contributed by atoms with Crippen LogP contribution in [0.15, 0.2) is 94.7 Å². The average Bonchev–Trinajstić information content (AvgIpc) is 1.65. The van der Waals surface area contributed by atoms with Crippen LogP contribution in [-0.4, -0.2) is 291 Å². The van der Waals surface area contributed by atoms with Gasteiger partial charge < -0.3 is 114 Å². The number of aromatic nitrogens is 5. The summed E-state index contributed by atoms with van der Waals surface area (Å²) in [7, 11) is 3.06. The topological polar surface area (TPSA) is 466 Å². The van der Waals surface area contributed by atoms with Gasteiger partial charge in [-0.2, -0.15) is 10.1 Å². The Morgan fingerprint density at radius 1 is 0.712 bits per heavy atom. The first-order valence-corrected chi connectivity index (χ1v) is 43.8. The Bertz CT molecular complexity index is 4460. The minimum absolute atomic E-state index is 0.00307. The number of rotatable bonds is 36. The fourth-order valence-corrected chi connectivity index (χ4v) is 16.5. The van der Waals surface area contributed by atoms with Gasteiger partial charge in [-0.1, -0.05) is 75.4 Å². The van der Waals surface area contributed by atoms with Crippen molar-refractivity contribution in [2.45, 2.75) is 205 Å². The third-order valence-corrected chi connectivity index (χ3v) is 23.5. The van der Waals surface area contributed by atoms with Gasteiger partial charge in [-0.15, -0.1) is 0 Å². The smallest absolute Gasteiger partial charge is 0.407 e. The molecule has 3 aromatic heterocycles. The molecule has 35 nitrogen and oxygen atoms in total. The summed E-state index contributed by atoms with van der Waals surface area (Å²) >= 11 is 0. The minimum Gasteiger partial charge on any atom is -0.459 e. The minimum atomic E-state index is -2.47. The molecule has 7 heterocycles. The van der Waals surface area contributed by atoms with Crippen LogP contribution in [0, 0.1) is 23.7 Å². The second-order valence-electron chi connectivity index (χ2n) is 32.9. The molecule has 125 heavy (non-hydrogen) atoms. The summed E-state index contributed by atoms with van der Waals surface area (Å²) in [5.74, 6) is -8.11. The number of alkyl carbamates (subject to hydrolysis) is 1. The number of carbonyl (C=O) groups excluding carboxylic acids is 7. The van der Waals surface area contributed by atoms with E-state index in [4.69, 9.17) is 88.3 Å². The molecule has 0 radical (unpaired) electrons. The van der Waals surface area contributed by atoms with E-state index in [2.05, 4.69) is 38.5 Å². The van der Waals surface area contributed by atoms with Crippen LogP contribution in [-0.2, 0) is 110 Å². The fourth-order valence-electron chi connectivity index (χ4n) is 16.5. The molecule has 2 bridgehead atoms. The van der Waals surface area contributed by atoms with E-state index >= 15 is 0 Å². The van der Waals surface area contributed by atoms with E-state index in [1.807, 2.05) is 65.9 Å². The summed E-state index contributed by atoms with van der Waals surface area (Å²) in [6.07, 6.45) is 9.14. The van der Waals surface area contributed by atoms with Crippen molar-refractivity contribution in [3.63, 3.8) is 0 Å². The van der Waals surface area contributed by atoms with Crippen molar-refractivity contribution in [1.82, 2.24) is 39.8 Å². The maximum Gasteiger partial charge on any atom is 0.407 e. The normalized spacial score (nSPS) is 26.0. The highest BCUT2D eigenvalue weighted by atomic mass is 16.6. The maximum absolute atomic E-state index is 14.6. The molecule has 0 unspecified atom stereocenters. The van der Waals surface area contributed by atoms with E-state index in [-0.39, 0.29) is 87.7 Å². The van der Waals surface area contributed by atoms with Gasteiger partial charge >= 0.3 is 12.1 Å². The highest BCUT2D eigenvalue weighted by molar-refractivity contribution is 6.39. The van der Waals surface area contributed by atoms with Crippen LogP contribution in [0.3, 0.4) is 0 Å². The Morgan fingerprint density at radius 2 is 1.39 bits per heavy atom. The van der Waals surface area contributed by atoms with Crippen molar-refractivity contribution in [2.24, 2.45) is 29.4 Å². The lowest BCUT2D eigenvalue weighted by Crippen LogP contribution is -2.58. The Labute approximate surface area is 730 Å². The number of allylic oxidation sites excluding steroid dienone is 6. The number of nitrogens with two attached hydrogens (primary N) is 3. The van der Waals surface area contributed by atoms with Gasteiger partial charge in [-0.05, 0) is 142 Å². The number of cyclic esters (lactones) is 1. The molecular weight excluding hydrogens is 1620 g/mol. The molecule has 10 rings (SSSR count). The molecule has 5 aliphatic rings. The van der Waals surface area contributed by atoms with E-state index in [1.54, 1.807) is 27.0 Å². The van der Waals surface area contributed by atoms with Gasteiger partial charge in [0.15, 0.2) is 17.0 Å². The number of benzene rings is 2. The van der Waals surface area contributed by atoms with Gasteiger partial charge in [0.1, 0.15) is 59.6 Å². The number of aliphatic hydroxyl groups excluding tert-OH is 2. The van der Waals surface area contributed by atoms with Gasteiger partial charge in [-0.3, -0.25) is 24.0 Å². The summed E-state index contributed by atoms with van der Waals surface area (Å²) in [5, 5.41) is 42.6. The van der Waals surface area contributed by atoms with Crippen LogP contribution in [0.1, 0.15) is 141 Å². The first kappa shape index (κ1) is 98.3. The van der Waals surface area contributed by atoms with Gasteiger partial charge in [0.05, 0.1) is 142 Å². The second-order valence-corrected chi connectivity index (χ2v) is 32.9. The zero-order valence-corrected chi connectivity index (χ0v) is 73.2. The summed E-state index contributed by atoms with van der Waals surface area (Å²) in [4.78, 5) is 113. The number of esters is 1. The van der Waals surface area contributed by atoms with Crippen molar-refractivity contribution in [3.8, 4) is 11.3 Å². The highest BCUT2D eigenvalue weighted by Crippen LogP contribution is 2.38. The van der Waals surface area contributed by atoms with Crippen molar-refractivity contribution in [1.29, 1.82) is 0 Å². The van der Waals surface area contributed by atoms with Gasteiger partial charge in [0, 0.05) is 83.1 Å². The lowest BCUT2D eigenvalue weighted by atomic mass is 9.80. The number of oxazole rings is 1. The first-order chi connectivity index (χ1) is 60.3. The number of anilines is 2. The molecule has 2 saturated heterocycles. The number of Topliss-reactive ketones (excluding diaryl/α,β-unsaturated/α-hetero) is 3. The maximum atomic E-state index is 14.6. The monoisotopic (exact) mass is 1750 g/mol. The van der Waals surface area contributed by atoms with E-state index in [1.165, 1.54) is 32.0 Å². The van der Waals surface area contributed by atoms with Crippen LogP contribution >= 0.6 is 0 Å². The standard InChI is InChI=1S/C90H129N11O24/c1-57-14-9-8-10-15-58(2)74(112-6)52-67-16-13-26-90(111,125-67)83(107)86(108)100-28-12-11-17-70(100)87(109)122-75(53-71(102)59(3)47-61(5)81(105)82(106)80(104)60(4)46-57)68(91)49-62-19-22-73(76(50-62)113-7)124-89(110)94-27-31-115-33-35-117-37-39-119-41-43-121-45-44-120-42-40-118-38-36-116-34-32-114-30-25-77(103)99-29-24-64-48-63(18-20-66(64)55-99)54-101-85-78(84(92)95-56-96-85)79(98-101)65-21-23-72-69(51-65)97-88(93)123-72/h8-10,14-15,18,20-21,23,47-48,51,56-57,59-60,62,67-68,70,73-76,81-82,105-106,111H,11-13,16-17,19,22,24-46,49-50,52-55,91H2,1-7H3,(H2,93,97)(H,94,110)(H2,92,95,96)/b10-8?,14-9+,58-15?,61-47+/t57-,59-,60-,62+,67+,68-,70+,73-,74+,75+,76-,81-,82+,90-/m1/s1. The third kappa shape index (κ3) is 29.3. The van der Waals surface area contributed by atoms with Crippen molar-refractivity contribution < 1.29 is 115 Å². The summed E-state index contributed by atoms with van der Waals surface area (Å²) in [6, 6.07) is 9.67. The molecule has 10 N–H and O–H groups in total. The van der Waals surface area contributed by atoms with Gasteiger partial charge in [0.25, 0.3) is 17.7 Å². The lowest BCUT2D eigenvalue weighted by Gasteiger charge is -2.40. The van der Waals surface area contributed by atoms with E-state index in [0.717, 1.165) is 33.6 Å². The lowest BCUT2D eigenvalue weighted by molar-refractivity contribution is -0.245. The molecule has 0 spiro atoms. The van der Waals surface area contributed by atoms with Crippen LogP contribution in [0.2, 0.25) is 0 Å². The molecule has 1 aliphatic carbocycles. The number of aliphatic hydroxyl groups is 3. The number of carbonyl (C=O) groups is 7. The quantitative estimate of drug-likeness (QED) is 0.00920. The number of amides is 3. The molecule has 3 fully saturated rings. The SMILES string of the molecule is CO[C@H]1C[C@@H]2CCC[C@@](O)(O2)C(=O)C(=O)N2CCCC[C@H]2C(=O)O[C@H]([C@H](N)C[C@@H]2CC[C@@H](OC(=O)NCCOCCOCCOCCOCCOCCOCCOCCOCCC(=O)N3CCc4cc(Cn5nc(-c6ccc7oc(N)nc7c6)c6c(N)ncnc65)ccc4C3)[C@H](OC)C2)CC(=O)[C@H](C)/C=C(\C)[C@@H](O)[C@@H](O)C(=O)[C@H](C)C[C@H](C)/C=C/C=CC=C1C. The number of fused-ring (bicyclic) bond motifs is 6. The third-order valence-electron chi connectivity index (χ3n) is 23.5. The zero-order chi connectivity index (χ0) is 89.4. The number of hydrogen-bond acceptors (Lipinski definition) is 31. The number of nitrogens with one attached hydrogen (secondary N) is 1.